The van der Waals surface area contributed by atoms with Crippen LogP contribution in [0.15, 0.2) is 21.9 Å². The Balaban J connectivity index is 1.54. The zero-order valence-electron chi connectivity index (χ0n) is 11.7. The number of thiophene rings is 1. The van der Waals surface area contributed by atoms with Gasteiger partial charge in [-0.1, -0.05) is 18.9 Å². The SMILES string of the molecule is O=C1NC2(CCCC2)C(=O)N1Cc1nnc(-c2cccs2)o1. The molecule has 1 spiro atoms. The second kappa shape index (κ2) is 4.91. The van der Waals surface area contributed by atoms with Crippen molar-refractivity contribution in [2.75, 3.05) is 0 Å². The molecule has 114 valence electrons. The van der Waals surface area contributed by atoms with E-state index in [1.165, 1.54) is 16.2 Å². The van der Waals surface area contributed by atoms with E-state index in [0.717, 1.165) is 17.7 Å². The van der Waals surface area contributed by atoms with E-state index in [1.807, 2.05) is 17.5 Å². The van der Waals surface area contributed by atoms with Crippen LogP contribution in [0.1, 0.15) is 31.6 Å². The molecular formula is C14H14N4O3S. The molecular weight excluding hydrogens is 304 g/mol. The number of aromatic nitrogens is 2. The zero-order valence-corrected chi connectivity index (χ0v) is 12.6. The molecule has 0 atom stereocenters. The second-order valence-corrected chi connectivity index (χ2v) is 6.54. The third-order valence-corrected chi connectivity index (χ3v) is 5.05. The summed E-state index contributed by atoms with van der Waals surface area (Å²) in [5.74, 6) is 0.500. The smallest absolute Gasteiger partial charge is 0.325 e. The maximum Gasteiger partial charge on any atom is 0.325 e. The maximum absolute atomic E-state index is 12.5. The van der Waals surface area contributed by atoms with Gasteiger partial charge in [-0.15, -0.1) is 21.5 Å². The zero-order chi connectivity index (χ0) is 15.2. The number of carbonyl (C=O) groups excluding carboxylic acids is 2. The van der Waals surface area contributed by atoms with Crippen LogP contribution in [-0.2, 0) is 11.3 Å². The van der Waals surface area contributed by atoms with Crippen molar-refractivity contribution in [3.63, 3.8) is 0 Å². The summed E-state index contributed by atoms with van der Waals surface area (Å²) in [6.07, 6.45) is 3.34. The first-order valence-corrected chi connectivity index (χ1v) is 8.06. The summed E-state index contributed by atoms with van der Waals surface area (Å²) in [6, 6.07) is 3.40. The molecule has 0 radical (unpaired) electrons. The first kappa shape index (κ1) is 13.4. The Kier molecular flexibility index (Phi) is 3.00. The molecule has 3 heterocycles. The van der Waals surface area contributed by atoms with Crippen LogP contribution in [0, 0.1) is 0 Å². The molecule has 3 amide bonds. The average Bonchev–Trinajstić information content (AvgIpc) is 3.25. The normalized spacial score (nSPS) is 20.1. The lowest BCUT2D eigenvalue weighted by Gasteiger charge is -2.19. The van der Waals surface area contributed by atoms with Crippen LogP contribution >= 0.6 is 11.3 Å². The predicted molar refractivity (Wildman–Crippen MR) is 77.9 cm³/mol. The van der Waals surface area contributed by atoms with Gasteiger partial charge < -0.3 is 9.73 Å². The summed E-state index contributed by atoms with van der Waals surface area (Å²) in [6.45, 7) is 0.0186. The van der Waals surface area contributed by atoms with Crippen molar-refractivity contribution in [1.29, 1.82) is 0 Å². The molecule has 0 unspecified atom stereocenters. The highest BCUT2D eigenvalue weighted by Crippen LogP contribution is 2.35. The molecule has 2 fully saturated rings. The summed E-state index contributed by atoms with van der Waals surface area (Å²) < 4.78 is 5.55. The van der Waals surface area contributed by atoms with Crippen LogP contribution in [0.25, 0.3) is 10.8 Å². The molecule has 2 aliphatic rings. The summed E-state index contributed by atoms with van der Waals surface area (Å²) in [4.78, 5) is 26.7. The predicted octanol–water partition coefficient (Wildman–Crippen LogP) is 2.16. The molecule has 1 aliphatic carbocycles. The molecule has 2 aromatic rings. The lowest BCUT2D eigenvalue weighted by Crippen LogP contribution is -2.44. The highest BCUT2D eigenvalue weighted by atomic mass is 32.1. The summed E-state index contributed by atoms with van der Waals surface area (Å²) in [5, 5.41) is 12.7. The fourth-order valence-electron chi connectivity index (χ4n) is 3.09. The molecule has 0 bridgehead atoms. The van der Waals surface area contributed by atoms with E-state index in [4.69, 9.17) is 4.42 Å². The van der Waals surface area contributed by atoms with Crippen LogP contribution in [-0.4, -0.2) is 32.6 Å². The van der Waals surface area contributed by atoms with E-state index in [0.29, 0.717) is 18.7 Å². The Labute approximate surface area is 130 Å². The standard InChI is InChI=1S/C14H14N4O3S/c19-12-14(5-1-2-6-14)15-13(20)18(12)8-10-16-17-11(21-10)9-4-3-7-22-9/h3-4,7H,1-2,5-6,8H2,(H,15,20). The van der Waals surface area contributed by atoms with Crippen molar-refractivity contribution in [2.24, 2.45) is 0 Å². The van der Waals surface area contributed by atoms with Crippen molar-refractivity contribution >= 4 is 23.3 Å². The topological polar surface area (TPSA) is 88.3 Å². The summed E-state index contributed by atoms with van der Waals surface area (Å²) in [7, 11) is 0. The molecule has 1 N–H and O–H groups in total. The van der Waals surface area contributed by atoms with E-state index >= 15 is 0 Å². The second-order valence-electron chi connectivity index (χ2n) is 5.59. The number of rotatable bonds is 3. The number of nitrogens with zero attached hydrogens (tertiary/aromatic N) is 3. The van der Waals surface area contributed by atoms with Crippen molar-refractivity contribution < 1.29 is 14.0 Å². The Bertz CT molecular complexity index is 718. The van der Waals surface area contributed by atoms with E-state index < -0.39 is 5.54 Å². The minimum absolute atomic E-state index is 0.0186. The lowest BCUT2D eigenvalue weighted by atomic mass is 9.98. The molecule has 22 heavy (non-hydrogen) atoms. The highest BCUT2D eigenvalue weighted by Gasteiger charge is 2.52. The number of imide groups is 1. The van der Waals surface area contributed by atoms with Crippen LogP contribution < -0.4 is 5.32 Å². The molecule has 1 saturated carbocycles. The number of amides is 3. The molecule has 0 aromatic carbocycles. The van der Waals surface area contributed by atoms with Gasteiger partial charge in [-0.2, -0.15) is 0 Å². The molecule has 2 aromatic heterocycles. The maximum atomic E-state index is 12.5. The molecule has 1 saturated heterocycles. The van der Waals surface area contributed by atoms with Gasteiger partial charge in [0.1, 0.15) is 12.1 Å². The van der Waals surface area contributed by atoms with Crippen LogP contribution in [0.3, 0.4) is 0 Å². The van der Waals surface area contributed by atoms with Gasteiger partial charge in [0.25, 0.3) is 11.8 Å². The van der Waals surface area contributed by atoms with E-state index in [-0.39, 0.29) is 24.4 Å². The third kappa shape index (κ3) is 2.02. The van der Waals surface area contributed by atoms with E-state index in [1.54, 1.807) is 0 Å². The minimum atomic E-state index is -0.701. The van der Waals surface area contributed by atoms with Gasteiger partial charge in [0.2, 0.25) is 5.89 Å². The van der Waals surface area contributed by atoms with Gasteiger partial charge in [-0.25, -0.2) is 4.79 Å². The minimum Gasteiger partial charge on any atom is -0.418 e. The van der Waals surface area contributed by atoms with Crippen LogP contribution in [0.5, 0.6) is 0 Å². The first-order chi connectivity index (χ1) is 10.7. The van der Waals surface area contributed by atoms with Gasteiger partial charge in [-0.3, -0.25) is 9.69 Å². The molecule has 1 aliphatic heterocycles. The quantitative estimate of drug-likeness (QED) is 0.876. The fraction of sp³-hybridized carbons (Fsp3) is 0.429. The molecule has 7 nitrogen and oxygen atoms in total. The summed E-state index contributed by atoms with van der Waals surface area (Å²) >= 11 is 1.49. The van der Waals surface area contributed by atoms with Crippen LogP contribution in [0.4, 0.5) is 4.79 Å². The van der Waals surface area contributed by atoms with Gasteiger partial charge in [0.05, 0.1) is 4.88 Å². The largest absolute Gasteiger partial charge is 0.418 e. The number of urea groups is 1. The van der Waals surface area contributed by atoms with Crippen molar-refractivity contribution in [3.8, 4) is 10.8 Å². The highest BCUT2D eigenvalue weighted by molar-refractivity contribution is 7.13. The van der Waals surface area contributed by atoms with Crippen LogP contribution in [0.2, 0.25) is 0 Å². The van der Waals surface area contributed by atoms with Gasteiger partial charge in [-0.05, 0) is 24.3 Å². The fourth-order valence-corrected chi connectivity index (χ4v) is 3.73. The number of carbonyl (C=O) groups is 2. The Morgan fingerprint density at radius 3 is 2.86 bits per heavy atom. The number of hydrogen-bond donors (Lipinski definition) is 1. The first-order valence-electron chi connectivity index (χ1n) is 7.18. The number of nitrogens with one attached hydrogen (secondary N) is 1. The van der Waals surface area contributed by atoms with Gasteiger partial charge >= 0.3 is 6.03 Å². The third-order valence-electron chi connectivity index (χ3n) is 4.20. The summed E-state index contributed by atoms with van der Waals surface area (Å²) in [5.41, 5.74) is -0.701. The van der Waals surface area contributed by atoms with E-state index in [9.17, 15) is 9.59 Å². The van der Waals surface area contributed by atoms with Gasteiger partial charge in [0, 0.05) is 0 Å². The van der Waals surface area contributed by atoms with Gasteiger partial charge in [0.15, 0.2) is 0 Å². The van der Waals surface area contributed by atoms with Crippen molar-refractivity contribution in [1.82, 2.24) is 20.4 Å². The molecule has 4 rings (SSSR count). The lowest BCUT2D eigenvalue weighted by molar-refractivity contribution is -0.131. The Morgan fingerprint density at radius 2 is 2.14 bits per heavy atom. The van der Waals surface area contributed by atoms with Crippen molar-refractivity contribution in [3.05, 3.63) is 23.4 Å². The number of hydrogen-bond acceptors (Lipinski definition) is 6. The Hall–Kier alpha value is -2.22. The van der Waals surface area contributed by atoms with Crippen molar-refractivity contribution in [2.45, 2.75) is 37.8 Å². The average molecular weight is 318 g/mol. The van der Waals surface area contributed by atoms with E-state index in [2.05, 4.69) is 15.5 Å². The Morgan fingerprint density at radius 1 is 1.32 bits per heavy atom. The monoisotopic (exact) mass is 318 g/mol. The molecule has 8 heteroatoms.